The van der Waals surface area contributed by atoms with Crippen LogP contribution in [0.3, 0.4) is 0 Å². The summed E-state index contributed by atoms with van der Waals surface area (Å²) >= 11 is 0. The fraction of sp³-hybridized carbons (Fsp3) is 0.750. The van der Waals surface area contributed by atoms with Gasteiger partial charge in [-0.05, 0) is 26.7 Å². The fourth-order valence-electron chi connectivity index (χ4n) is 2.34. The van der Waals surface area contributed by atoms with E-state index in [1.807, 2.05) is 30.4 Å². The zero-order valence-electron chi connectivity index (χ0n) is 11.3. The number of hydrogen-bond donors (Lipinski definition) is 1. The standard InChI is InChI=1S/C12H21N5O/c1-9(2)14-12(18)17-6-4-10(5-7-17)11-15-13-8-16(11)3/h8-10H,4-7H2,1-3H3,(H,14,18). The van der Waals surface area contributed by atoms with Crippen molar-refractivity contribution < 1.29 is 4.79 Å². The Morgan fingerprint density at radius 3 is 2.61 bits per heavy atom. The van der Waals surface area contributed by atoms with Gasteiger partial charge < -0.3 is 14.8 Å². The van der Waals surface area contributed by atoms with Crippen LogP contribution in [0.2, 0.25) is 0 Å². The molecular formula is C12H21N5O. The molecule has 1 aliphatic heterocycles. The molecule has 6 nitrogen and oxygen atoms in total. The van der Waals surface area contributed by atoms with Gasteiger partial charge in [-0.25, -0.2) is 4.79 Å². The minimum atomic E-state index is 0.0430. The molecule has 1 aliphatic rings. The van der Waals surface area contributed by atoms with Crippen LogP contribution in [0.5, 0.6) is 0 Å². The maximum absolute atomic E-state index is 11.9. The molecule has 0 spiro atoms. The molecule has 18 heavy (non-hydrogen) atoms. The normalized spacial score (nSPS) is 17.2. The first-order valence-electron chi connectivity index (χ1n) is 6.47. The van der Waals surface area contributed by atoms with Gasteiger partial charge in [-0.2, -0.15) is 0 Å². The number of carbonyl (C=O) groups excluding carboxylic acids is 1. The van der Waals surface area contributed by atoms with Gasteiger partial charge in [0.2, 0.25) is 0 Å². The van der Waals surface area contributed by atoms with Crippen molar-refractivity contribution in [1.29, 1.82) is 0 Å². The van der Waals surface area contributed by atoms with Crippen molar-refractivity contribution in [3.63, 3.8) is 0 Å². The lowest BCUT2D eigenvalue weighted by Gasteiger charge is -2.32. The van der Waals surface area contributed by atoms with Crippen LogP contribution in [0.15, 0.2) is 6.33 Å². The highest BCUT2D eigenvalue weighted by molar-refractivity contribution is 5.74. The molecule has 1 aromatic rings. The van der Waals surface area contributed by atoms with E-state index in [1.165, 1.54) is 0 Å². The smallest absolute Gasteiger partial charge is 0.317 e. The van der Waals surface area contributed by atoms with Crippen LogP contribution in [0, 0.1) is 0 Å². The molecular weight excluding hydrogens is 230 g/mol. The predicted molar refractivity (Wildman–Crippen MR) is 68.2 cm³/mol. The maximum Gasteiger partial charge on any atom is 0.317 e. The lowest BCUT2D eigenvalue weighted by atomic mass is 9.96. The highest BCUT2D eigenvalue weighted by Crippen LogP contribution is 2.25. The van der Waals surface area contributed by atoms with Crippen molar-refractivity contribution in [1.82, 2.24) is 25.0 Å². The Bertz CT molecular complexity index is 406. The number of nitrogens with one attached hydrogen (secondary N) is 1. The Balaban J connectivity index is 1.88. The molecule has 0 bridgehead atoms. The van der Waals surface area contributed by atoms with E-state index in [0.717, 1.165) is 31.8 Å². The zero-order chi connectivity index (χ0) is 13.1. The summed E-state index contributed by atoms with van der Waals surface area (Å²) in [6.07, 6.45) is 3.64. The van der Waals surface area contributed by atoms with Gasteiger partial charge in [0.1, 0.15) is 12.2 Å². The summed E-state index contributed by atoms with van der Waals surface area (Å²) in [5, 5.41) is 11.0. The number of carbonyl (C=O) groups is 1. The zero-order valence-corrected chi connectivity index (χ0v) is 11.3. The minimum absolute atomic E-state index is 0.0430. The largest absolute Gasteiger partial charge is 0.336 e. The molecule has 100 valence electrons. The van der Waals surface area contributed by atoms with E-state index in [9.17, 15) is 4.79 Å². The minimum Gasteiger partial charge on any atom is -0.336 e. The number of piperidine rings is 1. The van der Waals surface area contributed by atoms with Crippen LogP contribution in [-0.4, -0.2) is 44.8 Å². The lowest BCUT2D eigenvalue weighted by Crippen LogP contribution is -2.46. The van der Waals surface area contributed by atoms with Crippen LogP contribution in [0.25, 0.3) is 0 Å². The maximum atomic E-state index is 11.9. The monoisotopic (exact) mass is 251 g/mol. The van der Waals surface area contributed by atoms with Crippen LogP contribution in [0.4, 0.5) is 4.79 Å². The fourth-order valence-corrected chi connectivity index (χ4v) is 2.34. The molecule has 1 aromatic heterocycles. The third-order valence-corrected chi connectivity index (χ3v) is 3.31. The second-order valence-electron chi connectivity index (χ2n) is 5.17. The Hall–Kier alpha value is -1.59. The number of hydrogen-bond acceptors (Lipinski definition) is 3. The highest BCUT2D eigenvalue weighted by Gasteiger charge is 2.26. The second kappa shape index (κ2) is 5.37. The molecule has 1 saturated heterocycles. The molecule has 1 N–H and O–H groups in total. The average Bonchev–Trinajstić information content (AvgIpc) is 2.75. The van der Waals surface area contributed by atoms with Gasteiger partial charge in [-0.1, -0.05) is 0 Å². The van der Waals surface area contributed by atoms with E-state index in [4.69, 9.17) is 0 Å². The van der Waals surface area contributed by atoms with E-state index < -0.39 is 0 Å². The molecule has 0 atom stereocenters. The van der Waals surface area contributed by atoms with Gasteiger partial charge in [0, 0.05) is 32.1 Å². The molecule has 0 saturated carbocycles. The van der Waals surface area contributed by atoms with E-state index in [1.54, 1.807) is 6.33 Å². The van der Waals surface area contributed by atoms with Crippen LogP contribution in [0.1, 0.15) is 38.4 Å². The number of urea groups is 1. The summed E-state index contributed by atoms with van der Waals surface area (Å²) in [5.41, 5.74) is 0. The van der Waals surface area contributed by atoms with Crippen molar-refractivity contribution in [3.8, 4) is 0 Å². The number of aromatic nitrogens is 3. The highest BCUT2D eigenvalue weighted by atomic mass is 16.2. The van der Waals surface area contributed by atoms with Gasteiger partial charge in [0.05, 0.1) is 0 Å². The van der Waals surface area contributed by atoms with Crippen molar-refractivity contribution >= 4 is 6.03 Å². The molecule has 0 radical (unpaired) electrons. The molecule has 1 fully saturated rings. The van der Waals surface area contributed by atoms with E-state index in [2.05, 4.69) is 15.5 Å². The number of rotatable bonds is 2. The van der Waals surface area contributed by atoms with Crippen LogP contribution < -0.4 is 5.32 Å². The van der Waals surface area contributed by atoms with E-state index in [-0.39, 0.29) is 12.1 Å². The Labute approximate surface area is 107 Å². The van der Waals surface area contributed by atoms with Gasteiger partial charge in [0.25, 0.3) is 0 Å². The van der Waals surface area contributed by atoms with Gasteiger partial charge in [0.15, 0.2) is 0 Å². The van der Waals surface area contributed by atoms with Crippen molar-refractivity contribution in [2.45, 2.75) is 38.6 Å². The number of amides is 2. The Morgan fingerprint density at radius 2 is 2.11 bits per heavy atom. The Kier molecular flexibility index (Phi) is 3.84. The Morgan fingerprint density at radius 1 is 1.44 bits per heavy atom. The van der Waals surface area contributed by atoms with Gasteiger partial charge in [-0.15, -0.1) is 10.2 Å². The van der Waals surface area contributed by atoms with E-state index >= 15 is 0 Å². The third kappa shape index (κ3) is 2.80. The topological polar surface area (TPSA) is 63.1 Å². The molecule has 0 unspecified atom stereocenters. The average molecular weight is 251 g/mol. The van der Waals surface area contributed by atoms with Crippen LogP contribution >= 0.6 is 0 Å². The summed E-state index contributed by atoms with van der Waals surface area (Å²) < 4.78 is 1.97. The molecule has 2 amide bonds. The first kappa shape index (κ1) is 12.9. The predicted octanol–water partition coefficient (Wildman–Crippen LogP) is 1.11. The first-order valence-corrected chi connectivity index (χ1v) is 6.47. The summed E-state index contributed by atoms with van der Waals surface area (Å²) in [4.78, 5) is 13.7. The number of nitrogens with zero attached hydrogens (tertiary/aromatic N) is 4. The van der Waals surface area contributed by atoms with Crippen molar-refractivity contribution in [2.75, 3.05) is 13.1 Å². The molecule has 2 rings (SSSR count). The number of aryl methyl sites for hydroxylation is 1. The third-order valence-electron chi connectivity index (χ3n) is 3.31. The summed E-state index contributed by atoms with van der Waals surface area (Å²) in [6, 6.07) is 0.232. The molecule has 0 aromatic carbocycles. The molecule has 0 aliphatic carbocycles. The summed E-state index contributed by atoms with van der Waals surface area (Å²) in [6.45, 7) is 5.53. The quantitative estimate of drug-likeness (QED) is 0.856. The van der Waals surface area contributed by atoms with Crippen molar-refractivity contribution in [2.24, 2.45) is 7.05 Å². The first-order chi connectivity index (χ1) is 8.58. The SMILES string of the molecule is CC(C)NC(=O)N1CCC(c2nncn2C)CC1. The summed E-state index contributed by atoms with van der Waals surface area (Å²) in [5.74, 6) is 1.44. The molecule has 6 heteroatoms. The molecule has 2 heterocycles. The second-order valence-corrected chi connectivity index (χ2v) is 5.17. The lowest BCUT2D eigenvalue weighted by molar-refractivity contribution is 0.177. The summed E-state index contributed by atoms with van der Waals surface area (Å²) in [7, 11) is 1.97. The number of likely N-dealkylation sites (tertiary alicyclic amines) is 1. The van der Waals surface area contributed by atoms with E-state index in [0.29, 0.717) is 5.92 Å². The van der Waals surface area contributed by atoms with Crippen molar-refractivity contribution in [3.05, 3.63) is 12.2 Å². The van der Waals surface area contributed by atoms with Gasteiger partial charge in [-0.3, -0.25) is 0 Å². The van der Waals surface area contributed by atoms with Gasteiger partial charge >= 0.3 is 6.03 Å². The van der Waals surface area contributed by atoms with Crippen LogP contribution in [-0.2, 0) is 7.05 Å².